The standard InChI is InChI=1S/C35H37FN4O4/c1-37(2)40(34(43)44-28-11-7-4-8-12-28)31-32(41)38(22-35-19-23-15-24(20-35)17-25(16-23)21-35)29-14-13-26(36)18-30(29)39(33(31)42)27-9-5-3-6-10-27/h3-14,18,23-25,31H,15-17,19-22H2,1-2H3. The van der Waals surface area contributed by atoms with Crippen molar-refractivity contribution in [2.45, 2.75) is 44.6 Å². The molecule has 4 fully saturated rings. The van der Waals surface area contributed by atoms with Gasteiger partial charge in [-0.25, -0.2) is 19.2 Å². The molecule has 9 heteroatoms. The third kappa shape index (κ3) is 5.03. The first-order valence-corrected chi connectivity index (χ1v) is 15.4. The van der Waals surface area contributed by atoms with Crippen molar-refractivity contribution in [3.63, 3.8) is 0 Å². The molecular weight excluding hydrogens is 559 g/mol. The maximum absolute atomic E-state index is 15.0. The van der Waals surface area contributed by atoms with Crippen LogP contribution in [0.3, 0.4) is 0 Å². The minimum atomic E-state index is -1.59. The Morgan fingerprint density at radius 1 is 0.841 bits per heavy atom. The first-order valence-electron chi connectivity index (χ1n) is 15.4. The molecule has 0 radical (unpaired) electrons. The van der Waals surface area contributed by atoms with E-state index in [2.05, 4.69) is 0 Å². The Bertz CT molecular complexity index is 1540. The lowest BCUT2D eigenvalue weighted by molar-refractivity contribution is -0.139. The number of benzene rings is 3. The van der Waals surface area contributed by atoms with Crippen LogP contribution in [0.4, 0.5) is 26.2 Å². The second kappa shape index (κ2) is 11.0. The van der Waals surface area contributed by atoms with E-state index in [9.17, 15) is 14.4 Å². The fourth-order valence-electron chi connectivity index (χ4n) is 8.69. The third-order valence-corrected chi connectivity index (χ3v) is 9.91. The molecule has 228 valence electrons. The molecule has 1 aliphatic heterocycles. The SMILES string of the molecule is CN(C)N(C(=O)Oc1ccccc1)C1C(=O)N(CC23CC4CC(CC(C4)C2)C3)c2ccc(F)cc2N(c2ccccc2)C1=O. The first-order chi connectivity index (χ1) is 21.2. The van der Waals surface area contributed by atoms with E-state index < -0.39 is 29.8 Å². The molecule has 3 amide bonds. The normalized spacial score (nSPS) is 27.4. The topological polar surface area (TPSA) is 73.4 Å². The summed E-state index contributed by atoms with van der Waals surface area (Å²) in [4.78, 5) is 46.5. The van der Waals surface area contributed by atoms with E-state index in [1.54, 1.807) is 79.7 Å². The van der Waals surface area contributed by atoms with Gasteiger partial charge in [0.15, 0.2) is 0 Å². The van der Waals surface area contributed by atoms with Gasteiger partial charge in [0.25, 0.3) is 11.8 Å². The van der Waals surface area contributed by atoms with Crippen LogP contribution in [0.25, 0.3) is 0 Å². The molecule has 5 aliphatic rings. The molecule has 0 N–H and O–H groups in total. The Morgan fingerprint density at radius 3 is 2.02 bits per heavy atom. The average Bonchev–Trinajstić information content (AvgIpc) is 3.06. The largest absolute Gasteiger partial charge is 0.431 e. The number of fused-ring (bicyclic) bond motifs is 1. The molecule has 8 nitrogen and oxygen atoms in total. The number of amides is 3. The van der Waals surface area contributed by atoms with Crippen molar-refractivity contribution < 1.29 is 23.5 Å². The lowest BCUT2D eigenvalue weighted by Crippen LogP contribution is -2.62. The summed E-state index contributed by atoms with van der Waals surface area (Å²) in [5.74, 6) is 0.505. The monoisotopic (exact) mass is 596 g/mol. The number of carbonyl (C=O) groups is 3. The van der Waals surface area contributed by atoms with Gasteiger partial charge in [0, 0.05) is 32.4 Å². The Morgan fingerprint density at radius 2 is 1.43 bits per heavy atom. The van der Waals surface area contributed by atoms with Crippen LogP contribution in [0, 0.1) is 29.0 Å². The van der Waals surface area contributed by atoms with Crippen molar-refractivity contribution in [2.75, 3.05) is 30.4 Å². The quantitative estimate of drug-likeness (QED) is 0.243. The molecule has 4 bridgehead atoms. The number of anilines is 3. The Kier molecular flexibility index (Phi) is 7.16. The van der Waals surface area contributed by atoms with Crippen LogP contribution < -0.4 is 14.5 Å². The highest BCUT2D eigenvalue weighted by atomic mass is 19.1. The second-order valence-corrected chi connectivity index (χ2v) is 13.3. The summed E-state index contributed by atoms with van der Waals surface area (Å²) in [7, 11) is 3.20. The minimum Gasteiger partial charge on any atom is -0.409 e. The summed E-state index contributed by atoms with van der Waals surface area (Å²) < 4.78 is 20.7. The predicted molar refractivity (Wildman–Crippen MR) is 165 cm³/mol. The van der Waals surface area contributed by atoms with Crippen LogP contribution in [0.2, 0.25) is 0 Å². The highest BCUT2D eigenvalue weighted by Crippen LogP contribution is 2.60. The Labute approximate surface area is 256 Å². The van der Waals surface area contributed by atoms with Crippen LogP contribution >= 0.6 is 0 Å². The smallest absolute Gasteiger partial charge is 0.409 e. The molecule has 4 aliphatic carbocycles. The molecule has 0 saturated heterocycles. The van der Waals surface area contributed by atoms with E-state index in [-0.39, 0.29) is 16.9 Å². The molecule has 1 heterocycles. The maximum Gasteiger partial charge on any atom is 0.431 e. The van der Waals surface area contributed by atoms with E-state index >= 15 is 4.39 Å². The highest BCUT2D eigenvalue weighted by Gasteiger charge is 2.54. The van der Waals surface area contributed by atoms with Gasteiger partial charge < -0.3 is 9.64 Å². The summed E-state index contributed by atoms with van der Waals surface area (Å²) in [6.07, 6.45) is 5.98. The molecular formula is C35H37FN4O4. The Balaban J connectivity index is 1.36. The molecule has 4 saturated carbocycles. The molecule has 44 heavy (non-hydrogen) atoms. The third-order valence-electron chi connectivity index (χ3n) is 9.91. The van der Waals surface area contributed by atoms with Gasteiger partial charge in [-0.1, -0.05) is 36.4 Å². The number of hydrazine groups is 1. The van der Waals surface area contributed by atoms with Gasteiger partial charge >= 0.3 is 6.09 Å². The van der Waals surface area contributed by atoms with Crippen molar-refractivity contribution in [3.05, 3.63) is 84.7 Å². The summed E-state index contributed by atoms with van der Waals surface area (Å²) in [5, 5.41) is 2.48. The van der Waals surface area contributed by atoms with E-state index in [4.69, 9.17) is 4.74 Å². The Hall–Kier alpha value is -4.24. The zero-order valence-corrected chi connectivity index (χ0v) is 25.1. The number of para-hydroxylation sites is 2. The van der Waals surface area contributed by atoms with Gasteiger partial charge in [0.1, 0.15) is 11.6 Å². The second-order valence-electron chi connectivity index (χ2n) is 13.3. The lowest BCUT2D eigenvalue weighted by Gasteiger charge is -2.57. The number of hydrogen-bond acceptors (Lipinski definition) is 5. The number of halogens is 1. The molecule has 0 spiro atoms. The number of carbonyl (C=O) groups excluding carboxylic acids is 3. The zero-order chi connectivity index (χ0) is 30.6. The van der Waals surface area contributed by atoms with Crippen molar-refractivity contribution in [3.8, 4) is 5.75 Å². The van der Waals surface area contributed by atoms with Gasteiger partial charge in [0.2, 0.25) is 6.04 Å². The molecule has 1 atom stereocenters. The van der Waals surface area contributed by atoms with Crippen LogP contribution in [0.15, 0.2) is 78.9 Å². The molecule has 3 aromatic rings. The first kappa shape index (κ1) is 28.5. The van der Waals surface area contributed by atoms with Crippen molar-refractivity contribution >= 4 is 35.0 Å². The molecule has 8 rings (SSSR count). The number of nitrogens with zero attached hydrogens (tertiary/aromatic N) is 4. The zero-order valence-electron chi connectivity index (χ0n) is 25.1. The lowest BCUT2D eigenvalue weighted by atomic mass is 9.49. The van der Waals surface area contributed by atoms with E-state index in [0.717, 1.165) is 24.3 Å². The van der Waals surface area contributed by atoms with Crippen LogP contribution in [0.1, 0.15) is 38.5 Å². The van der Waals surface area contributed by atoms with Gasteiger partial charge in [-0.2, -0.15) is 0 Å². The van der Waals surface area contributed by atoms with Crippen LogP contribution in [-0.4, -0.2) is 54.6 Å². The summed E-state index contributed by atoms with van der Waals surface area (Å²) in [5.41, 5.74) is 1.12. The fourth-order valence-corrected chi connectivity index (χ4v) is 8.69. The average molecular weight is 597 g/mol. The van der Waals surface area contributed by atoms with Gasteiger partial charge in [-0.05, 0) is 98.1 Å². The number of ether oxygens (including phenoxy) is 1. The number of rotatable bonds is 6. The summed E-state index contributed by atoms with van der Waals surface area (Å²) >= 11 is 0. The predicted octanol–water partition coefficient (Wildman–Crippen LogP) is 6.40. The fraction of sp³-hybridized carbons (Fsp3) is 0.400. The molecule has 1 unspecified atom stereocenters. The summed E-state index contributed by atoms with van der Waals surface area (Å²) in [6, 6.07) is 20.1. The highest BCUT2D eigenvalue weighted by molar-refractivity contribution is 6.23. The summed E-state index contributed by atoms with van der Waals surface area (Å²) in [6.45, 7) is 0.412. The van der Waals surface area contributed by atoms with Gasteiger partial charge in [0.05, 0.1) is 11.4 Å². The van der Waals surface area contributed by atoms with Gasteiger partial charge in [-0.15, -0.1) is 0 Å². The van der Waals surface area contributed by atoms with E-state index in [1.165, 1.54) is 41.3 Å². The van der Waals surface area contributed by atoms with Crippen molar-refractivity contribution in [1.29, 1.82) is 0 Å². The molecule has 0 aromatic heterocycles. The minimum absolute atomic E-state index is 0.0843. The van der Waals surface area contributed by atoms with Gasteiger partial charge in [-0.3, -0.25) is 14.5 Å². The van der Waals surface area contributed by atoms with E-state index in [0.29, 0.717) is 35.7 Å². The maximum atomic E-state index is 15.0. The van der Waals surface area contributed by atoms with Crippen molar-refractivity contribution in [1.82, 2.24) is 10.0 Å². The van der Waals surface area contributed by atoms with Crippen LogP contribution in [-0.2, 0) is 9.59 Å². The van der Waals surface area contributed by atoms with Crippen LogP contribution in [0.5, 0.6) is 5.75 Å². The number of hydrogen-bond donors (Lipinski definition) is 0. The molecule has 3 aromatic carbocycles. The van der Waals surface area contributed by atoms with Crippen molar-refractivity contribution in [2.24, 2.45) is 23.2 Å². The van der Waals surface area contributed by atoms with E-state index in [1.807, 2.05) is 6.07 Å².